The number of hydrogen-bond acceptors (Lipinski definition) is 6. The van der Waals surface area contributed by atoms with Crippen molar-refractivity contribution >= 4 is 22.7 Å². The Bertz CT molecular complexity index is 541. The Hall–Kier alpha value is -0.820. The molecule has 0 radical (unpaired) electrons. The van der Waals surface area contributed by atoms with Crippen LogP contribution in [0.4, 0.5) is 0 Å². The van der Waals surface area contributed by atoms with Crippen molar-refractivity contribution < 1.29 is 4.74 Å². The van der Waals surface area contributed by atoms with Crippen molar-refractivity contribution in [3.05, 3.63) is 21.5 Å². The number of hydrogen-bond donors (Lipinski definition) is 1. The zero-order valence-corrected chi connectivity index (χ0v) is 13.3. The van der Waals surface area contributed by atoms with E-state index < -0.39 is 0 Å². The molecule has 0 amide bonds. The molecular formula is C14H19N3OS2. The first-order valence-corrected chi connectivity index (χ1v) is 8.64. The van der Waals surface area contributed by atoms with Crippen LogP contribution in [-0.4, -0.2) is 30.5 Å². The van der Waals surface area contributed by atoms with Crippen LogP contribution in [0.5, 0.6) is 0 Å². The molecule has 2 aromatic heterocycles. The number of aryl methyl sites for hydroxylation is 2. The minimum Gasteiger partial charge on any atom is -0.383 e. The summed E-state index contributed by atoms with van der Waals surface area (Å²) < 4.78 is 5.01. The molecule has 6 heteroatoms. The Kier molecular flexibility index (Phi) is 4.77. The van der Waals surface area contributed by atoms with E-state index in [-0.39, 0.29) is 0 Å². The fraction of sp³-hybridized carbons (Fsp3) is 0.571. The second-order valence-electron chi connectivity index (χ2n) is 4.94. The maximum absolute atomic E-state index is 5.01. The molecule has 0 atom stereocenters. The van der Waals surface area contributed by atoms with Gasteiger partial charge in [-0.2, -0.15) is 0 Å². The molecule has 1 N–H and O–H groups in total. The van der Waals surface area contributed by atoms with E-state index in [1.165, 1.54) is 36.1 Å². The number of aromatic nitrogens is 2. The van der Waals surface area contributed by atoms with Crippen LogP contribution in [0, 0.1) is 0 Å². The Labute approximate surface area is 127 Å². The van der Waals surface area contributed by atoms with Crippen molar-refractivity contribution in [2.45, 2.75) is 32.2 Å². The van der Waals surface area contributed by atoms with Gasteiger partial charge in [-0.15, -0.1) is 21.5 Å². The first kappa shape index (κ1) is 14.1. The quantitative estimate of drug-likeness (QED) is 0.834. The van der Waals surface area contributed by atoms with Gasteiger partial charge in [-0.25, -0.2) is 0 Å². The summed E-state index contributed by atoms with van der Waals surface area (Å²) in [7, 11) is 1.71. The predicted molar refractivity (Wildman–Crippen MR) is 83.4 cm³/mol. The highest BCUT2D eigenvalue weighted by Gasteiger charge is 2.16. The molecule has 3 rings (SSSR count). The minimum atomic E-state index is 0.726. The Morgan fingerprint density at radius 3 is 3.00 bits per heavy atom. The van der Waals surface area contributed by atoms with Gasteiger partial charge < -0.3 is 10.1 Å². The molecule has 0 saturated carbocycles. The van der Waals surface area contributed by atoms with Crippen LogP contribution in [0.1, 0.15) is 28.3 Å². The highest BCUT2D eigenvalue weighted by Crippen LogP contribution is 2.36. The summed E-state index contributed by atoms with van der Waals surface area (Å²) in [5.74, 6) is 0. The van der Waals surface area contributed by atoms with Crippen LogP contribution in [0.2, 0.25) is 0 Å². The molecule has 0 bridgehead atoms. The van der Waals surface area contributed by atoms with Crippen molar-refractivity contribution in [3.8, 4) is 9.88 Å². The van der Waals surface area contributed by atoms with Crippen molar-refractivity contribution in [2.75, 3.05) is 20.3 Å². The molecule has 1 aliphatic rings. The van der Waals surface area contributed by atoms with Crippen LogP contribution in [0.15, 0.2) is 6.07 Å². The van der Waals surface area contributed by atoms with Crippen LogP contribution >= 0.6 is 22.7 Å². The van der Waals surface area contributed by atoms with E-state index in [1.54, 1.807) is 23.3 Å². The molecule has 20 heavy (non-hydrogen) atoms. The Morgan fingerprint density at radius 1 is 1.25 bits per heavy atom. The van der Waals surface area contributed by atoms with Crippen molar-refractivity contribution in [3.63, 3.8) is 0 Å². The first-order valence-electron chi connectivity index (χ1n) is 7.01. The van der Waals surface area contributed by atoms with E-state index >= 15 is 0 Å². The maximum atomic E-state index is 5.01. The average Bonchev–Trinajstić information content (AvgIpc) is 3.09. The van der Waals surface area contributed by atoms with Gasteiger partial charge in [0.05, 0.1) is 11.5 Å². The standard InChI is InChI=1S/C14H19N3OS2/c1-18-7-6-15-9-13-16-17-14(20-13)12-8-10-4-2-3-5-11(10)19-12/h8,15H,2-7,9H2,1H3. The van der Waals surface area contributed by atoms with Gasteiger partial charge in [0.25, 0.3) is 0 Å². The van der Waals surface area contributed by atoms with E-state index in [0.29, 0.717) is 0 Å². The van der Waals surface area contributed by atoms with Crippen LogP contribution in [0.3, 0.4) is 0 Å². The molecule has 0 aliphatic heterocycles. The molecule has 0 unspecified atom stereocenters. The summed E-state index contributed by atoms with van der Waals surface area (Å²) >= 11 is 3.59. The third-order valence-electron chi connectivity index (χ3n) is 3.43. The average molecular weight is 309 g/mol. The first-order chi connectivity index (χ1) is 9.86. The molecule has 2 heterocycles. The van der Waals surface area contributed by atoms with Gasteiger partial charge in [0, 0.05) is 25.1 Å². The fourth-order valence-electron chi connectivity index (χ4n) is 2.39. The fourth-order valence-corrected chi connectivity index (χ4v) is 4.49. The largest absolute Gasteiger partial charge is 0.383 e. The second kappa shape index (κ2) is 6.76. The normalized spacial score (nSPS) is 14.4. The van der Waals surface area contributed by atoms with Crippen molar-refractivity contribution in [1.29, 1.82) is 0 Å². The van der Waals surface area contributed by atoms with Gasteiger partial charge in [-0.1, -0.05) is 11.3 Å². The topological polar surface area (TPSA) is 47.0 Å². The van der Waals surface area contributed by atoms with E-state index in [1.807, 2.05) is 11.3 Å². The lowest BCUT2D eigenvalue weighted by Crippen LogP contribution is -2.18. The predicted octanol–water partition coefficient (Wildman–Crippen LogP) is 2.88. The molecule has 108 valence electrons. The summed E-state index contributed by atoms with van der Waals surface area (Å²) in [5, 5.41) is 14.0. The van der Waals surface area contributed by atoms with Gasteiger partial charge in [-0.3, -0.25) is 0 Å². The lowest BCUT2D eigenvalue weighted by molar-refractivity contribution is 0.199. The number of rotatable bonds is 6. The highest BCUT2D eigenvalue weighted by molar-refractivity contribution is 7.21. The Balaban J connectivity index is 1.65. The van der Waals surface area contributed by atoms with Gasteiger partial charge in [0.1, 0.15) is 5.01 Å². The second-order valence-corrected chi connectivity index (χ2v) is 7.14. The van der Waals surface area contributed by atoms with Crippen LogP contribution in [0.25, 0.3) is 9.88 Å². The number of nitrogens with one attached hydrogen (secondary N) is 1. The number of ether oxygens (including phenoxy) is 1. The maximum Gasteiger partial charge on any atom is 0.157 e. The lowest BCUT2D eigenvalue weighted by atomic mass is 9.99. The summed E-state index contributed by atoms with van der Waals surface area (Å²) in [6.45, 7) is 2.34. The van der Waals surface area contributed by atoms with Gasteiger partial charge in [-0.05, 0) is 37.3 Å². The van der Waals surface area contributed by atoms with E-state index in [4.69, 9.17) is 4.74 Å². The van der Waals surface area contributed by atoms with Crippen molar-refractivity contribution in [2.24, 2.45) is 0 Å². The molecule has 2 aromatic rings. The lowest BCUT2D eigenvalue weighted by Gasteiger charge is -2.08. The molecule has 0 saturated heterocycles. The zero-order valence-electron chi connectivity index (χ0n) is 11.6. The molecule has 0 spiro atoms. The summed E-state index contributed by atoms with van der Waals surface area (Å²) in [6.07, 6.45) is 5.13. The molecule has 0 fully saturated rings. The van der Waals surface area contributed by atoms with E-state index in [2.05, 4.69) is 21.6 Å². The minimum absolute atomic E-state index is 0.726. The van der Waals surface area contributed by atoms with Crippen LogP contribution < -0.4 is 5.32 Å². The number of nitrogens with zero attached hydrogens (tertiary/aromatic N) is 2. The van der Waals surface area contributed by atoms with Gasteiger partial charge in [0.15, 0.2) is 5.01 Å². The molecule has 4 nitrogen and oxygen atoms in total. The van der Waals surface area contributed by atoms with E-state index in [9.17, 15) is 0 Å². The molecular weight excluding hydrogens is 290 g/mol. The smallest absolute Gasteiger partial charge is 0.157 e. The van der Waals surface area contributed by atoms with Gasteiger partial charge in [0.2, 0.25) is 0 Å². The monoisotopic (exact) mass is 309 g/mol. The molecule has 0 aromatic carbocycles. The third kappa shape index (κ3) is 3.25. The van der Waals surface area contributed by atoms with E-state index in [0.717, 1.165) is 29.7 Å². The number of thiophene rings is 1. The third-order valence-corrected chi connectivity index (χ3v) is 5.76. The Morgan fingerprint density at radius 2 is 2.15 bits per heavy atom. The number of fused-ring (bicyclic) bond motifs is 1. The van der Waals surface area contributed by atoms with Gasteiger partial charge >= 0.3 is 0 Å². The summed E-state index contributed by atoms with van der Waals surface area (Å²) in [5.41, 5.74) is 1.53. The SMILES string of the molecule is COCCNCc1nnc(-c2cc3c(s2)CCCC3)s1. The zero-order chi connectivity index (χ0) is 13.8. The summed E-state index contributed by atoms with van der Waals surface area (Å²) in [6, 6.07) is 2.32. The molecule has 1 aliphatic carbocycles. The number of methoxy groups -OCH3 is 1. The van der Waals surface area contributed by atoms with Crippen molar-refractivity contribution in [1.82, 2.24) is 15.5 Å². The summed E-state index contributed by atoms with van der Waals surface area (Å²) in [4.78, 5) is 2.85. The van der Waals surface area contributed by atoms with Crippen LogP contribution in [-0.2, 0) is 24.1 Å². The highest BCUT2D eigenvalue weighted by atomic mass is 32.1.